The fourth-order valence-corrected chi connectivity index (χ4v) is 2.95. The lowest BCUT2D eigenvalue weighted by Gasteiger charge is -2.19. The van der Waals surface area contributed by atoms with Crippen molar-refractivity contribution >= 4 is 12.2 Å². The highest BCUT2D eigenvalue weighted by Crippen LogP contribution is 2.24. The number of imide groups is 1. The van der Waals surface area contributed by atoms with E-state index in [2.05, 4.69) is 6.92 Å². The molecule has 0 spiro atoms. The zero-order valence-electron chi connectivity index (χ0n) is 13.7. The van der Waals surface area contributed by atoms with E-state index in [0.717, 1.165) is 30.6 Å². The molecule has 1 aromatic rings. The predicted octanol–water partition coefficient (Wildman–Crippen LogP) is 4.24. The summed E-state index contributed by atoms with van der Waals surface area (Å²) in [5.74, 6) is 0. The zero-order chi connectivity index (χ0) is 16.7. The van der Waals surface area contributed by atoms with Crippen LogP contribution >= 0.6 is 0 Å². The Morgan fingerprint density at radius 2 is 1.74 bits per heavy atom. The molecule has 0 radical (unpaired) electrons. The van der Waals surface area contributed by atoms with Gasteiger partial charge in [0.1, 0.15) is 6.10 Å². The van der Waals surface area contributed by atoms with Crippen LogP contribution in [0.2, 0.25) is 0 Å². The first kappa shape index (κ1) is 17.3. The number of unbranched alkanes of at least 4 members (excludes halogenated alkanes) is 4. The molecular weight excluding hydrogens is 294 g/mol. The van der Waals surface area contributed by atoms with Crippen molar-refractivity contribution in [3.8, 4) is 0 Å². The monoisotopic (exact) mass is 319 g/mol. The fraction of sp³-hybridized carbons (Fsp3) is 0.556. The summed E-state index contributed by atoms with van der Waals surface area (Å²) in [6.45, 7) is 2.33. The summed E-state index contributed by atoms with van der Waals surface area (Å²) in [7, 11) is 0. The van der Waals surface area contributed by atoms with E-state index in [0.29, 0.717) is 19.3 Å². The summed E-state index contributed by atoms with van der Waals surface area (Å²) >= 11 is 0. The molecule has 0 heterocycles. The Bertz CT molecular complexity index is 519. The fourth-order valence-electron chi connectivity index (χ4n) is 2.95. The SMILES string of the molecule is CCCCCCCN(C(=O)O)C(=O)OC1Cc2ccccc2C1. The summed E-state index contributed by atoms with van der Waals surface area (Å²) in [6, 6.07) is 7.96. The summed E-state index contributed by atoms with van der Waals surface area (Å²) in [6.07, 6.45) is 4.03. The van der Waals surface area contributed by atoms with Gasteiger partial charge in [-0.15, -0.1) is 0 Å². The normalized spacial score (nSPS) is 13.6. The molecule has 0 atom stereocenters. The van der Waals surface area contributed by atoms with Crippen molar-refractivity contribution in [1.82, 2.24) is 4.90 Å². The minimum absolute atomic E-state index is 0.206. The number of hydrogen-bond donors (Lipinski definition) is 1. The number of ether oxygens (including phenoxy) is 1. The Labute approximate surface area is 137 Å². The molecule has 1 N–H and O–H groups in total. The first-order valence-corrected chi connectivity index (χ1v) is 8.39. The second-order valence-electron chi connectivity index (χ2n) is 6.03. The number of nitrogens with zero attached hydrogens (tertiary/aromatic N) is 1. The zero-order valence-corrected chi connectivity index (χ0v) is 13.7. The minimum atomic E-state index is -1.24. The highest BCUT2D eigenvalue weighted by Gasteiger charge is 2.28. The van der Waals surface area contributed by atoms with Crippen molar-refractivity contribution in [2.24, 2.45) is 0 Å². The van der Waals surface area contributed by atoms with Crippen molar-refractivity contribution in [2.45, 2.75) is 58.0 Å². The molecule has 2 amide bonds. The van der Waals surface area contributed by atoms with Crippen LogP contribution in [0.1, 0.15) is 50.2 Å². The van der Waals surface area contributed by atoms with Crippen LogP contribution in [0.5, 0.6) is 0 Å². The Balaban J connectivity index is 1.81. The topological polar surface area (TPSA) is 66.8 Å². The van der Waals surface area contributed by atoms with Crippen LogP contribution in [-0.2, 0) is 17.6 Å². The van der Waals surface area contributed by atoms with Crippen LogP contribution in [-0.4, -0.2) is 34.8 Å². The summed E-state index contributed by atoms with van der Waals surface area (Å²) in [5.41, 5.74) is 2.35. The van der Waals surface area contributed by atoms with Gasteiger partial charge in [0.25, 0.3) is 0 Å². The Hall–Kier alpha value is -2.04. The van der Waals surface area contributed by atoms with E-state index < -0.39 is 12.2 Å². The minimum Gasteiger partial charge on any atom is -0.465 e. The van der Waals surface area contributed by atoms with Crippen LogP contribution in [0.4, 0.5) is 9.59 Å². The van der Waals surface area contributed by atoms with Gasteiger partial charge in [0.2, 0.25) is 0 Å². The van der Waals surface area contributed by atoms with Gasteiger partial charge in [-0.2, -0.15) is 0 Å². The maximum atomic E-state index is 12.1. The van der Waals surface area contributed by atoms with E-state index in [1.807, 2.05) is 24.3 Å². The smallest absolute Gasteiger partial charge is 0.419 e. The summed E-state index contributed by atoms with van der Waals surface area (Å²) < 4.78 is 5.40. The van der Waals surface area contributed by atoms with Gasteiger partial charge in [0.15, 0.2) is 0 Å². The molecule has 0 saturated carbocycles. The highest BCUT2D eigenvalue weighted by molar-refractivity contribution is 5.86. The third-order valence-electron chi connectivity index (χ3n) is 4.22. The molecule has 1 aliphatic rings. The largest absolute Gasteiger partial charge is 0.465 e. The Morgan fingerprint density at radius 3 is 2.30 bits per heavy atom. The van der Waals surface area contributed by atoms with Crippen LogP contribution in [0.3, 0.4) is 0 Å². The lowest BCUT2D eigenvalue weighted by Crippen LogP contribution is -2.39. The molecule has 0 unspecified atom stereocenters. The van der Waals surface area contributed by atoms with Crippen molar-refractivity contribution in [3.05, 3.63) is 35.4 Å². The molecule has 126 valence electrons. The third kappa shape index (κ3) is 4.98. The van der Waals surface area contributed by atoms with Crippen molar-refractivity contribution < 1.29 is 19.4 Å². The summed E-state index contributed by atoms with van der Waals surface area (Å²) in [4.78, 5) is 24.2. The molecule has 1 aromatic carbocycles. The molecule has 2 rings (SSSR count). The van der Waals surface area contributed by atoms with E-state index in [-0.39, 0.29) is 12.6 Å². The molecule has 0 saturated heterocycles. The number of fused-ring (bicyclic) bond motifs is 1. The van der Waals surface area contributed by atoms with Gasteiger partial charge in [-0.25, -0.2) is 14.5 Å². The van der Waals surface area contributed by atoms with Crippen molar-refractivity contribution in [2.75, 3.05) is 6.54 Å². The average Bonchev–Trinajstić information content (AvgIpc) is 2.92. The Morgan fingerprint density at radius 1 is 1.13 bits per heavy atom. The molecule has 1 aliphatic carbocycles. The van der Waals surface area contributed by atoms with Gasteiger partial charge in [-0.1, -0.05) is 56.9 Å². The number of amides is 2. The maximum absolute atomic E-state index is 12.1. The first-order chi connectivity index (χ1) is 11.1. The average molecular weight is 319 g/mol. The van der Waals surface area contributed by atoms with Crippen molar-refractivity contribution in [1.29, 1.82) is 0 Å². The van der Waals surface area contributed by atoms with E-state index in [4.69, 9.17) is 4.74 Å². The number of hydrogen-bond acceptors (Lipinski definition) is 3. The number of benzene rings is 1. The van der Waals surface area contributed by atoms with Crippen molar-refractivity contribution in [3.63, 3.8) is 0 Å². The third-order valence-corrected chi connectivity index (χ3v) is 4.22. The van der Waals surface area contributed by atoms with Gasteiger partial charge in [0.05, 0.1) is 0 Å². The van der Waals surface area contributed by atoms with E-state index >= 15 is 0 Å². The van der Waals surface area contributed by atoms with Gasteiger partial charge in [0, 0.05) is 19.4 Å². The molecule has 0 fully saturated rings. The molecule has 0 bridgehead atoms. The van der Waals surface area contributed by atoms with E-state index in [1.165, 1.54) is 11.1 Å². The molecule has 5 nitrogen and oxygen atoms in total. The molecule has 5 heteroatoms. The number of carboxylic acid groups (broad SMARTS) is 1. The molecule has 0 aromatic heterocycles. The van der Waals surface area contributed by atoms with E-state index in [9.17, 15) is 14.7 Å². The second-order valence-corrected chi connectivity index (χ2v) is 6.03. The number of carbonyl (C=O) groups excluding carboxylic acids is 1. The second kappa shape index (κ2) is 8.56. The quantitative estimate of drug-likeness (QED) is 0.763. The first-order valence-electron chi connectivity index (χ1n) is 8.39. The summed E-state index contributed by atoms with van der Waals surface area (Å²) in [5, 5.41) is 9.22. The molecule has 23 heavy (non-hydrogen) atoms. The predicted molar refractivity (Wildman–Crippen MR) is 87.6 cm³/mol. The Kier molecular flexibility index (Phi) is 6.44. The number of rotatable bonds is 7. The standard InChI is InChI=1S/C18H25NO4/c1-2-3-4-5-8-11-19(17(20)21)18(22)23-16-12-14-9-6-7-10-15(14)13-16/h6-7,9-10,16H,2-5,8,11-13H2,1H3,(H,20,21). The van der Waals surface area contributed by atoms with Gasteiger partial charge >= 0.3 is 12.2 Å². The van der Waals surface area contributed by atoms with Crippen LogP contribution in [0.15, 0.2) is 24.3 Å². The van der Waals surface area contributed by atoms with Gasteiger partial charge in [-0.05, 0) is 17.5 Å². The van der Waals surface area contributed by atoms with Gasteiger partial charge < -0.3 is 9.84 Å². The van der Waals surface area contributed by atoms with Gasteiger partial charge in [-0.3, -0.25) is 0 Å². The molecule has 0 aliphatic heterocycles. The lowest BCUT2D eigenvalue weighted by atomic mass is 10.1. The van der Waals surface area contributed by atoms with Crippen LogP contribution < -0.4 is 0 Å². The number of carbonyl (C=O) groups is 2. The lowest BCUT2D eigenvalue weighted by molar-refractivity contribution is 0.0649. The highest BCUT2D eigenvalue weighted by atomic mass is 16.6. The maximum Gasteiger partial charge on any atom is 0.419 e. The van der Waals surface area contributed by atoms with Crippen LogP contribution in [0, 0.1) is 0 Å². The van der Waals surface area contributed by atoms with Crippen LogP contribution in [0.25, 0.3) is 0 Å². The van der Waals surface area contributed by atoms with E-state index in [1.54, 1.807) is 0 Å². The molecular formula is C18H25NO4.